The van der Waals surface area contributed by atoms with E-state index in [9.17, 15) is 9.59 Å². The van der Waals surface area contributed by atoms with Crippen molar-refractivity contribution in [2.45, 2.75) is 29.4 Å². The zero-order chi connectivity index (χ0) is 18.9. The summed E-state index contributed by atoms with van der Waals surface area (Å²) in [5.74, 6) is -0.520. The maximum absolute atomic E-state index is 12.4. The Morgan fingerprint density at radius 1 is 1.04 bits per heavy atom. The molecule has 0 bridgehead atoms. The van der Waals surface area contributed by atoms with Crippen molar-refractivity contribution < 1.29 is 14.3 Å². The third-order valence-electron chi connectivity index (χ3n) is 3.74. The number of carbonyl (C=O) groups is 2. The van der Waals surface area contributed by atoms with E-state index in [1.807, 2.05) is 37.3 Å². The number of hydrogen-bond donors (Lipinski definition) is 1. The van der Waals surface area contributed by atoms with Gasteiger partial charge in [0.05, 0.1) is 17.0 Å². The second-order valence-corrected chi connectivity index (χ2v) is 7.74. The molecule has 2 aromatic carbocycles. The summed E-state index contributed by atoms with van der Waals surface area (Å²) in [5.41, 5.74) is 2.10. The lowest BCUT2D eigenvalue weighted by molar-refractivity contribution is -0.115. The van der Waals surface area contributed by atoms with Gasteiger partial charge in [0.25, 0.3) is 0 Å². The lowest BCUT2D eigenvalue weighted by atomic mass is 10.1. The lowest BCUT2D eigenvalue weighted by Crippen LogP contribution is -2.26. The molecule has 2 rings (SSSR count). The highest BCUT2D eigenvalue weighted by molar-refractivity contribution is 9.12. The molecule has 0 saturated carbocycles. The molecule has 4 nitrogen and oxygen atoms in total. The summed E-state index contributed by atoms with van der Waals surface area (Å²) >= 11 is 7.00. The lowest BCUT2D eigenvalue weighted by Gasteiger charge is -2.17. The van der Waals surface area contributed by atoms with Gasteiger partial charge in [-0.3, -0.25) is 4.79 Å². The van der Waals surface area contributed by atoms with Crippen LogP contribution in [-0.2, 0) is 9.53 Å². The van der Waals surface area contributed by atoms with Gasteiger partial charge in [-0.1, -0.05) is 75.5 Å². The first-order valence-electron chi connectivity index (χ1n) is 8.44. The fourth-order valence-electron chi connectivity index (χ4n) is 2.23. The summed E-state index contributed by atoms with van der Waals surface area (Å²) in [5, 5.41) is 2.84. The summed E-state index contributed by atoms with van der Waals surface area (Å²) in [7, 11) is 0. The van der Waals surface area contributed by atoms with Gasteiger partial charge in [-0.25, -0.2) is 4.79 Å². The summed E-state index contributed by atoms with van der Waals surface area (Å²) in [6.45, 7) is 2.46. The molecular weight excluding hydrogens is 462 g/mol. The highest BCUT2D eigenvalue weighted by Gasteiger charge is 2.25. The third kappa shape index (κ3) is 5.95. The molecule has 2 aromatic rings. The van der Waals surface area contributed by atoms with Crippen LogP contribution < -0.4 is 5.32 Å². The molecule has 0 unspecified atom stereocenters. The van der Waals surface area contributed by atoms with Crippen LogP contribution in [0.25, 0.3) is 0 Å². The molecule has 2 atom stereocenters. The number of ether oxygens (including phenoxy) is 1. The third-order valence-corrected chi connectivity index (χ3v) is 6.46. The summed E-state index contributed by atoms with van der Waals surface area (Å²) in [6, 6.07) is 16.4. The molecular formula is C20H21Br2NO3. The van der Waals surface area contributed by atoms with Crippen molar-refractivity contribution in [1.29, 1.82) is 0 Å². The maximum atomic E-state index is 12.4. The average Bonchev–Trinajstić information content (AvgIpc) is 2.68. The Morgan fingerprint density at radius 2 is 1.69 bits per heavy atom. The number of nitrogens with one attached hydrogen (secondary N) is 1. The largest absolute Gasteiger partial charge is 0.462 e. The molecule has 0 fully saturated rings. The van der Waals surface area contributed by atoms with Crippen LogP contribution in [0.5, 0.6) is 0 Å². The van der Waals surface area contributed by atoms with Crippen molar-refractivity contribution in [2.75, 3.05) is 11.9 Å². The monoisotopic (exact) mass is 481 g/mol. The Labute approximate surface area is 170 Å². The van der Waals surface area contributed by atoms with Crippen molar-refractivity contribution in [3.63, 3.8) is 0 Å². The fourth-order valence-corrected chi connectivity index (χ4v) is 3.20. The molecule has 26 heavy (non-hydrogen) atoms. The molecule has 0 heterocycles. The van der Waals surface area contributed by atoms with Crippen LogP contribution in [0.15, 0.2) is 54.6 Å². The Morgan fingerprint density at radius 3 is 2.31 bits per heavy atom. The van der Waals surface area contributed by atoms with Crippen molar-refractivity contribution in [3.8, 4) is 0 Å². The minimum atomic E-state index is -0.441. The smallest absolute Gasteiger partial charge is 0.338 e. The normalized spacial score (nSPS) is 12.9. The van der Waals surface area contributed by atoms with Crippen molar-refractivity contribution >= 4 is 49.4 Å². The van der Waals surface area contributed by atoms with E-state index in [0.29, 0.717) is 17.9 Å². The van der Waals surface area contributed by atoms with E-state index in [1.165, 1.54) is 0 Å². The minimum absolute atomic E-state index is 0.156. The standard InChI is InChI=1S/C20H21Br2NO3/c1-2-3-13-26-20(25)15-9-11-16(12-10-15)23-19(24)18(22)17(21)14-7-5-4-6-8-14/h4-12,17-18H,2-3,13H2,1H3,(H,23,24)/t17-,18+/m0/s1. The Kier molecular flexibility index (Phi) is 8.32. The van der Waals surface area contributed by atoms with E-state index in [1.54, 1.807) is 24.3 Å². The van der Waals surface area contributed by atoms with Crippen molar-refractivity contribution in [1.82, 2.24) is 0 Å². The van der Waals surface area contributed by atoms with Gasteiger partial charge in [0.2, 0.25) is 5.91 Å². The number of carbonyl (C=O) groups excluding carboxylic acids is 2. The van der Waals surface area contributed by atoms with E-state index in [-0.39, 0.29) is 16.7 Å². The number of esters is 1. The molecule has 0 aromatic heterocycles. The predicted molar refractivity (Wildman–Crippen MR) is 111 cm³/mol. The van der Waals surface area contributed by atoms with Crippen LogP contribution in [-0.4, -0.2) is 23.3 Å². The van der Waals surface area contributed by atoms with E-state index >= 15 is 0 Å². The number of alkyl halides is 2. The van der Waals surface area contributed by atoms with E-state index < -0.39 is 4.83 Å². The van der Waals surface area contributed by atoms with Crippen LogP contribution in [0.1, 0.15) is 40.5 Å². The highest BCUT2D eigenvalue weighted by atomic mass is 79.9. The maximum Gasteiger partial charge on any atom is 0.338 e. The van der Waals surface area contributed by atoms with Crippen LogP contribution in [0.4, 0.5) is 5.69 Å². The Balaban J connectivity index is 1.93. The number of rotatable bonds is 8. The minimum Gasteiger partial charge on any atom is -0.462 e. The Bertz CT molecular complexity index is 720. The first-order chi connectivity index (χ1) is 12.5. The molecule has 0 radical (unpaired) electrons. The van der Waals surface area contributed by atoms with E-state index in [4.69, 9.17) is 4.74 Å². The van der Waals surface area contributed by atoms with Gasteiger partial charge in [0.1, 0.15) is 4.83 Å². The second-order valence-electron chi connectivity index (χ2n) is 5.77. The number of halogens is 2. The van der Waals surface area contributed by atoms with Gasteiger partial charge in [-0.2, -0.15) is 0 Å². The average molecular weight is 483 g/mol. The first kappa shape index (κ1) is 20.6. The molecule has 1 amide bonds. The Hall–Kier alpha value is -1.66. The number of benzene rings is 2. The van der Waals surface area contributed by atoms with Gasteiger partial charge in [0, 0.05) is 5.69 Å². The van der Waals surface area contributed by atoms with Crippen LogP contribution in [0.2, 0.25) is 0 Å². The van der Waals surface area contributed by atoms with Crippen molar-refractivity contribution in [2.24, 2.45) is 0 Å². The quantitative estimate of drug-likeness (QED) is 0.308. The van der Waals surface area contributed by atoms with Crippen LogP contribution in [0.3, 0.4) is 0 Å². The van der Waals surface area contributed by atoms with Crippen LogP contribution >= 0.6 is 31.9 Å². The second kappa shape index (κ2) is 10.5. The molecule has 0 spiro atoms. The van der Waals surface area contributed by atoms with Gasteiger partial charge < -0.3 is 10.1 Å². The summed E-state index contributed by atoms with van der Waals surface area (Å²) < 4.78 is 5.17. The van der Waals surface area contributed by atoms with Crippen LogP contribution in [0, 0.1) is 0 Å². The zero-order valence-electron chi connectivity index (χ0n) is 14.5. The number of amides is 1. The fraction of sp³-hybridized carbons (Fsp3) is 0.300. The number of hydrogen-bond acceptors (Lipinski definition) is 3. The van der Waals surface area contributed by atoms with E-state index in [0.717, 1.165) is 18.4 Å². The summed E-state index contributed by atoms with van der Waals surface area (Å²) in [4.78, 5) is 23.7. The topological polar surface area (TPSA) is 55.4 Å². The van der Waals surface area contributed by atoms with Gasteiger partial charge in [-0.05, 0) is 36.2 Å². The molecule has 0 aliphatic heterocycles. The number of unbranched alkanes of at least 4 members (excludes halogenated alkanes) is 1. The summed E-state index contributed by atoms with van der Waals surface area (Å²) in [6.07, 6.45) is 1.82. The number of anilines is 1. The predicted octanol–water partition coefficient (Wildman–Crippen LogP) is 5.48. The SMILES string of the molecule is CCCCOC(=O)c1ccc(NC(=O)[C@H](Br)[C@@H](Br)c2ccccc2)cc1. The van der Waals surface area contributed by atoms with Gasteiger partial charge in [-0.15, -0.1) is 0 Å². The molecule has 6 heteroatoms. The highest BCUT2D eigenvalue weighted by Crippen LogP contribution is 2.31. The first-order valence-corrected chi connectivity index (χ1v) is 10.3. The zero-order valence-corrected chi connectivity index (χ0v) is 17.6. The molecule has 0 aliphatic carbocycles. The molecule has 138 valence electrons. The molecule has 0 aliphatic rings. The van der Waals surface area contributed by atoms with Crippen molar-refractivity contribution in [3.05, 3.63) is 65.7 Å². The van der Waals surface area contributed by atoms with Gasteiger partial charge >= 0.3 is 5.97 Å². The van der Waals surface area contributed by atoms with E-state index in [2.05, 4.69) is 37.2 Å². The molecule has 0 saturated heterocycles. The van der Waals surface area contributed by atoms with Gasteiger partial charge in [0.15, 0.2) is 0 Å². The molecule has 1 N–H and O–H groups in total.